The third-order valence-corrected chi connectivity index (χ3v) is 8.26. The molecule has 1 aliphatic heterocycles. The van der Waals surface area contributed by atoms with Crippen LogP contribution in [-0.2, 0) is 22.4 Å². The lowest BCUT2D eigenvalue weighted by atomic mass is 9.83. The standard InChI is InChI=1S/C31H38FN3O4/c1-18(2)39-28-15-7-21(16-25(28)32)17-29-33-30-24-12-6-19(3)34(31(37)38-5)26(24)13-14-27(30)35(29)23-10-8-22(9-11-23)20(4)36/h7,13-16,18-19,22-23H,6,8-12,17H2,1-5H3/t19-,22?,23?/m0/s1. The number of halogens is 1. The van der Waals surface area contributed by atoms with E-state index in [1.54, 1.807) is 17.9 Å². The van der Waals surface area contributed by atoms with Gasteiger partial charge in [-0.15, -0.1) is 0 Å². The average Bonchev–Trinajstić information content (AvgIpc) is 3.27. The van der Waals surface area contributed by atoms with Gasteiger partial charge in [-0.05, 0) is 96.0 Å². The van der Waals surface area contributed by atoms with E-state index in [2.05, 4.69) is 10.6 Å². The van der Waals surface area contributed by atoms with Gasteiger partial charge in [-0.2, -0.15) is 0 Å². The summed E-state index contributed by atoms with van der Waals surface area (Å²) < 4.78 is 27.9. The Hall–Kier alpha value is -3.42. The number of hydrogen-bond acceptors (Lipinski definition) is 5. The smallest absolute Gasteiger partial charge is 0.414 e. The number of nitrogens with zero attached hydrogens (tertiary/aromatic N) is 3. The Morgan fingerprint density at radius 3 is 2.49 bits per heavy atom. The number of aromatic nitrogens is 2. The predicted molar refractivity (Wildman–Crippen MR) is 149 cm³/mol. The fraction of sp³-hybridized carbons (Fsp3) is 0.516. The molecule has 2 aliphatic rings. The summed E-state index contributed by atoms with van der Waals surface area (Å²) in [6.45, 7) is 7.46. The largest absolute Gasteiger partial charge is 0.488 e. The molecule has 1 atom stereocenters. The number of ketones is 1. The average molecular weight is 536 g/mol. The summed E-state index contributed by atoms with van der Waals surface area (Å²) in [5.74, 6) is 1.10. The molecule has 208 valence electrons. The first-order valence-electron chi connectivity index (χ1n) is 14.0. The number of anilines is 1. The summed E-state index contributed by atoms with van der Waals surface area (Å²) in [6.07, 6.45) is 5.09. The summed E-state index contributed by atoms with van der Waals surface area (Å²) in [5.41, 5.74) is 4.61. The molecule has 2 aromatic carbocycles. The van der Waals surface area contributed by atoms with Crippen molar-refractivity contribution in [2.75, 3.05) is 12.0 Å². The third kappa shape index (κ3) is 5.25. The number of fused-ring (bicyclic) bond motifs is 3. The van der Waals surface area contributed by atoms with Gasteiger partial charge < -0.3 is 14.0 Å². The van der Waals surface area contributed by atoms with Gasteiger partial charge in [-0.3, -0.25) is 9.69 Å². The lowest BCUT2D eigenvalue weighted by Crippen LogP contribution is -2.42. The highest BCUT2D eigenvalue weighted by Crippen LogP contribution is 2.41. The zero-order chi connectivity index (χ0) is 27.8. The van der Waals surface area contributed by atoms with Crippen molar-refractivity contribution in [1.82, 2.24) is 9.55 Å². The molecule has 2 heterocycles. The lowest BCUT2D eigenvalue weighted by molar-refractivity contribution is -0.121. The molecular formula is C31H38FN3O4. The molecule has 1 saturated carbocycles. The van der Waals surface area contributed by atoms with Gasteiger partial charge in [0.2, 0.25) is 0 Å². The van der Waals surface area contributed by atoms with E-state index in [9.17, 15) is 14.0 Å². The summed E-state index contributed by atoms with van der Waals surface area (Å²) in [6, 6.07) is 9.40. The Morgan fingerprint density at radius 1 is 1.10 bits per heavy atom. The van der Waals surface area contributed by atoms with Gasteiger partial charge in [0.15, 0.2) is 11.6 Å². The van der Waals surface area contributed by atoms with Crippen LogP contribution >= 0.6 is 0 Å². The van der Waals surface area contributed by atoms with E-state index in [4.69, 9.17) is 14.5 Å². The number of rotatable bonds is 6. The van der Waals surface area contributed by atoms with Crippen molar-refractivity contribution < 1.29 is 23.5 Å². The first-order valence-corrected chi connectivity index (χ1v) is 14.0. The normalized spacial score (nSPS) is 21.2. The highest BCUT2D eigenvalue weighted by atomic mass is 19.1. The van der Waals surface area contributed by atoms with E-state index >= 15 is 0 Å². The third-order valence-electron chi connectivity index (χ3n) is 8.26. The highest BCUT2D eigenvalue weighted by Gasteiger charge is 2.33. The van der Waals surface area contributed by atoms with Crippen LogP contribution in [0.2, 0.25) is 0 Å². The Bertz CT molecular complexity index is 1390. The molecule has 39 heavy (non-hydrogen) atoms. The molecule has 0 saturated heterocycles. The summed E-state index contributed by atoms with van der Waals surface area (Å²) in [4.78, 5) is 31.6. The van der Waals surface area contributed by atoms with Crippen molar-refractivity contribution in [2.24, 2.45) is 5.92 Å². The minimum atomic E-state index is -0.383. The number of benzene rings is 2. The van der Waals surface area contributed by atoms with Gasteiger partial charge in [0.05, 0.1) is 29.9 Å². The SMILES string of the molecule is COC(=O)N1c2ccc3c(nc(Cc4ccc(OC(C)C)c(F)c4)n3C3CCC(C(C)=O)CC3)c2CC[C@@H]1C. The highest BCUT2D eigenvalue weighted by molar-refractivity contribution is 5.95. The number of carbonyl (C=O) groups is 2. The molecule has 0 bridgehead atoms. The van der Waals surface area contributed by atoms with Crippen LogP contribution in [0.25, 0.3) is 11.0 Å². The molecule has 8 heteroatoms. The maximum atomic E-state index is 14.9. The second kappa shape index (κ2) is 11.0. The van der Waals surface area contributed by atoms with E-state index in [-0.39, 0.29) is 47.5 Å². The first-order chi connectivity index (χ1) is 18.7. The summed E-state index contributed by atoms with van der Waals surface area (Å²) >= 11 is 0. The van der Waals surface area contributed by atoms with Crippen LogP contribution < -0.4 is 9.64 Å². The minimum Gasteiger partial charge on any atom is -0.488 e. The Morgan fingerprint density at radius 2 is 1.85 bits per heavy atom. The number of Topliss-reactive ketones (excluding diaryl/α,β-unsaturated/α-hetero) is 1. The van der Waals surface area contributed by atoms with E-state index in [1.165, 1.54) is 13.2 Å². The van der Waals surface area contributed by atoms with Crippen LogP contribution in [0, 0.1) is 11.7 Å². The molecule has 0 unspecified atom stereocenters. The topological polar surface area (TPSA) is 73.7 Å². The second-order valence-electron chi connectivity index (χ2n) is 11.3. The number of aryl methyl sites for hydroxylation is 1. The Kier molecular flexibility index (Phi) is 7.65. The molecular weight excluding hydrogens is 497 g/mol. The second-order valence-corrected chi connectivity index (χ2v) is 11.3. The summed E-state index contributed by atoms with van der Waals surface area (Å²) in [7, 11) is 1.41. The van der Waals surface area contributed by atoms with Crippen molar-refractivity contribution in [3.05, 3.63) is 53.1 Å². The van der Waals surface area contributed by atoms with Crippen LogP contribution in [0.4, 0.5) is 14.9 Å². The van der Waals surface area contributed by atoms with E-state index in [0.29, 0.717) is 6.42 Å². The molecule has 0 N–H and O–H groups in total. The van der Waals surface area contributed by atoms with Crippen LogP contribution in [0.15, 0.2) is 30.3 Å². The number of methoxy groups -OCH3 is 1. The molecule has 1 aliphatic carbocycles. The van der Waals surface area contributed by atoms with Crippen molar-refractivity contribution in [1.29, 1.82) is 0 Å². The van der Waals surface area contributed by atoms with Gasteiger partial charge in [0.25, 0.3) is 0 Å². The fourth-order valence-electron chi connectivity index (χ4n) is 6.28. The van der Waals surface area contributed by atoms with E-state index in [1.807, 2.05) is 32.9 Å². The Labute approximate surface area is 229 Å². The van der Waals surface area contributed by atoms with Crippen LogP contribution in [0.1, 0.15) is 82.8 Å². The fourth-order valence-corrected chi connectivity index (χ4v) is 6.28. The monoisotopic (exact) mass is 535 g/mol. The lowest BCUT2D eigenvalue weighted by Gasteiger charge is -2.34. The molecule has 3 aromatic rings. The van der Waals surface area contributed by atoms with Crippen LogP contribution in [-0.4, -0.2) is 40.7 Å². The molecule has 1 fully saturated rings. The first kappa shape index (κ1) is 27.2. The molecule has 1 amide bonds. The van der Waals surface area contributed by atoms with Crippen molar-refractivity contribution >= 4 is 28.6 Å². The van der Waals surface area contributed by atoms with Gasteiger partial charge in [-0.25, -0.2) is 14.2 Å². The molecule has 0 radical (unpaired) electrons. The van der Waals surface area contributed by atoms with Crippen molar-refractivity contribution in [2.45, 2.75) is 90.8 Å². The molecule has 1 aromatic heterocycles. The number of amides is 1. The van der Waals surface area contributed by atoms with Gasteiger partial charge >= 0.3 is 6.09 Å². The van der Waals surface area contributed by atoms with Gasteiger partial charge in [0, 0.05) is 30.0 Å². The number of ether oxygens (including phenoxy) is 2. The quantitative estimate of drug-likeness (QED) is 0.348. The zero-order valence-electron chi connectivity index (χ0n) is 23.5. The number of imidazole rings is 1. The van der Waals surface area contributed by atoms with Crippen molar-refractivity contribution in [3.63, 3.8) is 0 Å². The van der Waals surface area contributed by atoms with Gasteiger partial charge in [0.1, 0.15) is 11.6 Å². The van der Waals surface area contributed by atoms with Crippen molar-refractivity contribution in [3.8, 4) is 5.75 Å². The van der Waals surface area contributed by atoms with E-state index < -0.39 is 0 Å². The Balaban J connectivity index is 1.58. The van der Waals surface area contributed by atoms with Gasteiger partial charge in [-0.1, -0.05) is 6.07 Å². The zero-order valence-corrected chi connectivity index (χ0v) is 23.5. The van der Waals surface area contributed by atoms with Crippen LogP contribution in [0.5, 0.6) is 5.75 Å². The minimum absolute atomic E-state index is 0.0281. The molecule has 7 nitrogen and oxygen atoms in total. The summed E-state index contributed by atoms with van der Waals surface area (Å²) in [5, 5.41) is 0. The number of carbonyl (C=O) groups excluding carboxylic acids is 2. The maximum Gasteiger partial charge on any atom is 0.414 e. The molecule has 5 rings (SSSR count). The number of hydrogen-bond donors (Lipinski definition) is 0. The van der Waals surface area contributed by atoms with E-state index in [0.717, 1.165) is 72.2 Å². The molecule has 0 spiro atoms. The van der Waals surface area contributed by atoms with Crippen LogP contribution in [0.3, 0.4) is 0 Å². The maximum absolute atomic E-state index is 14.9. The predicted octanol–water partition coefficient (Wildman–Crippen LogP) is 6.78.